The molecule has 0 unspecified atom stereocenters. The maximum atomic E-state index is 14.0. The van der Waals surface area contributed by atoms with Crippen LogP contribution in [0.2, 0.25) is 5.02 Å². The quantitative estimate of drug-likeness (QED) is 0.810. The molecule has 3 rings (SSSR count). The Balaban J connectivity index is 1.65. The number of aliphatic hydroxyl groups is 1. The van der Waals surface area contributed by atoms with Crippen LogP contribution in [0.1, 0.15) is 17.5 Å². The van der Waals surface area contributed by atoms with Crippen molar-refractivity contribution in [3.8, 4) is 5.75 Å². The zero-order valence-electron chi connectivity index (χ0n) is 14.6. The van der Waals surface area contributed by atoms with Crippen molar-refractivity contribution in [2.24, 2.45) is 0 Å². The number of phenols is 1. The highest BCUT2D eigenvalue weighted by Gasteiger charge is 2.27. The third-order valence-electron chi connectivity index (χ3n) is 4.90. The highest BCUT2D eigenvalue weighted by atomic mass is 35.5. The van der Waals surface area contributed by atoms with Gasteiger partial charge in [-0.1, -0.05) is 35.9 Å². The first-order valence-electron chi connectivity index (χ1n) is 8.85. The minimum Gasteiger partial charge on any atom is -0.506 e. The molecule has 0 aromatic heterocycles. The van der Waals surface area contributed by atoms with Crippen LogP contribution in [0.15, 0.2) is 42.5 Å². The van der Waals surface area contributed by atoms with Crippen molar-refractivity contribution < 1.29 is 14.6 Å². The molecule has 2 aromatic rings. The Labute approximate surface area is 158 Å². The lowest BCUT2D eigenvalue weighted by Crippen LogP contribution is -2.52. The molecule has 26 heavy (non-hydrogen) atoms. The van der Waals surface area contributed by atoms with Crippen LogP contribution < -0.4 is 0 Å². The summed E-state index contributed by atoms with van der Waals surface area (Å²) in [5.41, 5.74) is 1.73. The van der Waals surface area contributed by atoms with Gasteiger partial charge in [-0.2, -0.15) is 0 Å². The molecule has 2 N–H and O–H groups in total. The summed E-state index contributed by atoms with van der Waals surface area (Å²) in [6.45, 7) is 3.86. The van der Waals surface area contributed by atoms with E-state index in [2.05, 4.69) is 9.80 Å². The molecule has 1 atom stereocenters. The van der Waals surface area contributed by atoms with Gasteiger partial charge in [-0.05, 0) is 30.2 Å². The number of halogens is 2. The number of aromatic hydroxyl groups is 1. The van der Waals surface area contributed by atoms with E-state index in [0.717, 1.165) is 31.7 Å². The van der Waals surface area contributed by atoms with Crippen LogP contribution in [0.5, 0.6) is 5.75 Å². The Kier molecular flexibility index (Phi) is 6.48. The van der Waals surface area contributed by atoms with Crippen LogP contribution in [0.4, 0.5) is 4.39 Å². The number of hydrogen-bond donors (Lipinski definition) is 2. The number of benzene rings is 2. The second-order valence-corrected chi connectivity index (χ2v) is 7.16. The number of phenolic OH excluding ortho intramolecular Hbond substituents is 1. The molecule has 6 heteroatoms. The zero-order valence-corrected chi connectivity index (χ0v) is 15.4. The van der Waals surface area contributed by atoms with Crippen molar-refractivity contribution >= 4 is 11.6 Å². The van der Waals surface area contributed by atoms with Crippen molar-refractivity contribution in [2.45, 2.75) is 25.6 Å². The third kappa shape index (κ3) is 4.74. The molecule has 0 radical (unpaired) electrons. The summed E-state index contributed by atoms with van der Waals surface area (Å²) in [6, 6.07) is 12.3. The summed E-state index contributed by atoms with van der Waals surface area (Å²) in [5, 5.41) is 19.3. The van der Waals surface area contributed by atoms with Crippen molar-refractivity contribution in [3.05, 3.63) is 64.4 Å². The van der Waals surface area contributed by atoms with Gasteiger partial charge in [0.25, 0.3) is 0 Å². The van der Waals surface area contributed by atoms with Crippen molar-refractivity contribution in [1.82, 2.24) is 9.80 Å². The summed E-state index contributed by atoms with van der Waals surface area (Å²) in [7, 11) is 0. The molecule has 0 saturated carbocycles. The molecule has 0 aliphatic carbocycles. The Morgan fingerprint density at radius 2 is 1.92 bits per heavy atom. The zero-order chi connectivity index (χ0) is 18.5. The Bertz CT molecular complexity index is 744. The maximum absolute atomic E-state index is 14.0. The van der Waals surface area contributed by atoms with E-state index < -0.39 is 0 Å². The normalized spacial score (nSPS) is 19.0. The number of hydrogen-bond acceptors (Lipinski definition) is 4. The van der Waals surface area contributed by atoms with Crippen molar-refractivity contribution in [2.75, 3.05) is 26.2 Å². The lowest BCUT2D eigenvalue weighted by Gasteiger charge is -2.41. The van der Waals surface area contributed by atoms with Crippen LogP contribution in [-0.2, 0) is 13.1 Å². The van der Waals surface area contributed by atoms with Crippen molar-refractivity contribution in [1.29, 1.82) is 0 Å². The summed E-state index contributed by atoms with van der Waals surface area (Å²) >= 11 is 5.99. The first-order valence-corrected chi connectivity index (χ1v) is 9.22. The fourth-order valence-electron chi connectivity index (χ4n) is 3.48. The van der Waals surface area contributed by atoms with Crippen LogP contribution in [0, 0.1) is 5.82 Å². The monoisotopic (exact) mass is 378 g/mol. The fraction of sp³-hybridized carbons (Fsp3) is 0.400. The minimum absolute atomic E-state index is 0.0864. The molecule has 1 heterocycles. The molecule has 140 valence electrons. The molecule has 1 aliphatic rings. The first kappa shape index (κ1) is 19.1. The van der Waals surface area contributed by atoms with Crippen LogP contribution in [0.25, 0.3) is 0 Å². The highest BCUT2D eigenvalue weighted by Crippen LogP contribution is 2.25. The molecule has 1 fully saturated rings. The second kappa shape index (κ2) is 8.82. The van der Waals surface area contributed by atoms with Gasteiger partial charge in [0.05, 0.1) is 5.02 Å². The number of nitrogens with zero attached hydrogens (tertiary/aromatic N) is 2. The average Bonchev–Trinajstić information content (AvgIpc) is 2.62. The maximum Gasteiger partial charge on any atom is 0.134 e. The molecule has 1 saturated heterocycles. The summed E-state index contributed by atoms with van der Waals surface area (Å²) in [5.74, 6) is -0.0975. The second-order valence-electron chi connectivity index (χ2n) is 6.75. The molecule has 4 nitrogen and oxygen atoms in total. The smallest absolute Gasteiger partial charge is 0.134 e. The van der Waals surface area contributed by atoms with Crippen LogP contribution in [0.3, 0.4) is 0 Å². The van der Waals surface area contributed by atoms with Gasteiger partial charge in [-0.15, -0.1) is 0 Å². The van der Waals surface area contributed by atoms with Crippen LogP contribution >= 0.6 is 11.6 Å². The summed E-state index contributed by atoms with van der Waals surface area (Å²) < 4.78 is 14.0. The van der Waals surface area contributed by atoms with E-state index in [9.17, 15) is 14.6 Å². The van der Waals surface area contributed by atoms with E-state index in [4.69, 9.17) is 11.6 Å². The Morgan fingerprint density at radius 3 is 2.65 bits per heavy atom. The average molecular weight is 379 g/mol. The number of piperazine rings is 1. The van der Waals surface area contributed by atoms with E-state index in [1.54, 1.807) is 18.2 Å². The minimum atomic E-state index is -0.184. The molecule has 1 aliphatic heterocycles. The van der Waals surface area contributed by atoms with Gasteiger partial charge in [-0.3, -0.25) is 9.80 Å². The van der Waals surface area contributed by atoms with Gasteiger partial charge in [-0.25, -0.2) is 4.39 Å². The third-order valence-corrected chi connectivity index (χ3v) is 5.20. The van der Waals surface area contributed by atoms with E-state index in [-0.39, 0.29) is 24.2 Å². The van der Waals surface area contributed by atoms with E-state index in [1.807, 2.05) is 18.2 Å². The van der Waals surface area contributed by atoms with Gasteiger partial charge >= 0.3 is 0 Å². The molecular weight excluding hydrogens is 355 g/mol. The Morgan fingerprint density at radius 1 is 1.12 bits per heavy atom. The topological polar surface area (TPSA) is 46.9 Å². The van der Waals surface area contributed by atoms with E-state index >= 15 is 0 Å². The predicted octanol–water partition coefficient (Wildman–Crippen LogP) is 3.25. The fourth-order valence-corrected chi connectivity index (χ4v) is 3.69. The lowest BCUT2D eigenvalue weighted by molar-refractivity contribution is 0.0493. The molecule has 0 bridgehead atoms. The molecule has 2 aromatic carbocycles. The standard InChI is InChI=1S/C20H24ClFN2O2/c21-18-11-15(5-6-20(18)26)12-23-8-9-24(17(14-23)7-10-25)13-16-3-1-2-4-19(16)22/h1-6,11,17,25-26H,7-10,12-14H2/t17-/m0/s1. The largest absolute Gasteiger partial charge is 0.506 e. The molecule has 0 spiro atoms. The number of aliphatic hydroxyl groups excluding tert-OH is 1. The van der Waals surface area contributed by atoms with Gasteiger partial charge < -0.3 is 10.2 Å². The summed E-state index contributed by atoms with van der Waals surface area (Å²) in [4.78, 5) is 4.55. The Hall–Kier alpha value is -1.66. The first-order chi connectivity index (χ1) is 12.6. The van der Waals surface area contributed by atoms with E-state index in [0.29, 0.717) is 23.6 Å². The SMILES string of the molecule is OCC[C@H]1CN(Cc2ccc(O)c(Cl)c2)CCN1Cc1ccccc1F. The molecule has 0 amide bonds. The number of rotatable bonds is 6. The van der Waals surface area contributed by atoms with Crippen molar-refractivity contribution in [3.63, 3.8) is 0 Å². The van der Waals surface area contributed by atoms with Crippen LogP contribution in [-0.4, -0.2) is 52.3 Å². The summed E-state index contributed by atoms with van der Waals surface area (Å²) in [6.07, 6.45) is 0.654. The van der Waals surface area contributed by atoms with Gasteiger partial charge in [0.1, 0.15) is 11.6 Å². The molecular formula is C20H24ClFN2O2. The van der Waals surface area contributed by atoms with Gasteiger partial charge in [0.15, 0.2) is 0 Å². The van der Waals surface area contributed by atoms with Gasteiger partial charge in [0, 0.05) is 50.9 Å². The van der Waals surface area contributed by atoms with E-state index in [1.165, 1.54) is 6.07 Å². The van der Waals surface area contributed by atoms with Gasteiger partial charge in [0.2, 0.25) is 0 Å². The highest BCUT2D eigenvalue weighted by molar-refractivity contribution is 6.32. The predicted molar refractivity (Wildman–Crippen MR) is 101 cm³/mol. The lowest BCUT2D eigenvalue weighted by atomic mass is 10.1.